The minimum Gasteiger partial charge on any atom is -0.330 e. The SMILES string of the molecule is NCCCC[C@H](N)c1cc(Cl)ccc1[N+](=O)[O-]. The van der Waals surface area contributed by atoms with Crippen LogP contribution in [0.3, 0.4) is 0 Å². The molecule has 1 aromatic rings. The molecule has 0 radical (unpaired) electrons. The number of nitrogens with two attached hydrogens (primary N) is 2. The number of nitro groups is 1. The first-order chi connectivity index (χ1) is 8.06. The summed E-state index contributed by atoms with van der Waals surface area (Å²) in [6, 6.07) is 4.07. The molecule has 1 rings (SSSR count). The second kappa shape index (κ2) is 6.54. The largest absolute Gasteiger partial charge is 0.330 e. The van der Waals surface area contributed by atoms with Crippen LogP contribution in [0.4, 0.5) is 5.69 Å². The van der Waals surface area contributed by atoms with Crippen molar-refractivity contribution in [2.24, 2.45) is 11.5 Å². The number of hydrogen-bond acceptors (Lipinski definition) is 4. The quantitative estimate of drug-likeness (QED) is 0.465. The van der Waals surface area contributed by atoms with Gasteiger partial charge in [0.1, 0.15) is 0 Å². The summed E-state index contributed by atoms with van der Waals surface area (Å²) in [5.41, 5.74) is 11.8. The number of unbranched alkanes of at least 4 members (excludes halogenated alkanes) is 1. The molecule has 0 aliphatic rings. The average Bonchev–Trinajstić information content (AvgIpc) is 2.28. The van der Waals surface area contributed by atoms with Crippen molar-refractivity contribution in [2.75, 3.05) is 6.54 Å². The van der Waals surface area contributed by atoms with Crippen molar-refractivity contribution in [3.63, 3.8) is 0 Å². The third-order valence-electron chi connectivity index (χ3n) is 2.55. The molecule has 0 aromatic heterocycles. The zero-order valence-electron chi connectivity index (χ0n) is 9.43. The van der Waals surface area contributed by atoms with Crippen LogP contribution < -0.4 is 11.5 Å². The highest BCUT2D eigenvalue weighted by atomic mass is 35.5. The van der Waals surface area contributed by atoms with Crippen molar-refractivity contribution in [3.8, 4) is 0 Å². The second-order valence-electron chi connectivity index (χ2n) is 3.85. The van der Waals surface area contributed by atoms with Crippen LogP contribution in [0.15, 0.2) is 18.2 Å². The summed E-state index contributed by atoms with van der Waals surface area (Å²) in [5.74, 6) is 0. The number of hydrogen-bond donors (Lipinski definition) is 2. The average molecular weight is 258 g/mol. The fourth-order valence-corrected chi connectivity index (χ4v) is 1.83. The monoisotopic (exact) mass is 257 g/mol. The van der Waals surface area contributed by atoms with Gasteiger partial charge in [-0.05, 0) is 31.5 Å². The minimum absolute atomic E-state index is 0.0228. The van der Waals surface area contributed by atoms with E-state index in [4.69, 9.17) is 23.1 Å². The van der Waals surface area contributed by atoms with Gasteiger partial charge in [-0.25, -0.2) is 0 Å². The van der Waals surface area contributed by atoms with E-state index in [0.717, 1.165) is 12.8 Å². The van der Waals surface area contributed by atoms with Gasteiger partial charge in [-0.2, -0.15) is 0 Å². The standard InChI is InChI=1S/C11H16ClN3O2/c12-8-4-5-11(15(16)17)9(7-8)10(14)3-1-2-6-13/h4-5,7,10H,1-3,6,13-14H2/t10-/m0/s1. The Morgan fingerprint density at radius 1 is 1.41 bits per heavy atom. The smallest absolute Gasteiger partial charge is 0.274 e. The number of benzene rings is 1. The second-order valence-corrected chi connectivity index (χ2v) is 4.29. The molecule has 4 N–H and O–H groups in total. The number of nitro benzene ring substituents is 1. The lowest BCUT2D eigenvalue weighted by molar-refractivity contribution is -0.385. The molecule has 17 heavy (non-hydrogen) atoms. The maximum atomic E-state index is 10.9. The molecule has 5 nitrogen and oxygen atoms in total. The summed E-state index contributed by atoms with van der Waals surface area (Å²) < 4.78 is 0. The summed E-state index contributed by atoms with van der Waals surface area (Å²) in [6.45, 7) is 0.602. The molecular weight excluding hydrogens is 242 g/mol. The van der Waals surface area contributed by atoms with Gasteiger partial charge in [0.15, 0.2) is 0 Å². The van der Waals surface area contributed by atoms with Crippen molar-refractivity contribution in [3.05, 3.63) is 38.9 Å². The topological polar surface area (TPSA) is 95.2 Å². The van der Waals surface area contributed by atoms with Gasteiger partial charge in [0.05, 0.1) is 4.92 Å². The van der Waals surface area contributed by atoms with Crippen LogP contribution in [0.1, 0.15) is 30.9 Å². The highest BCUT2D eigenvalue weighted by molar-refractivity contribution is 6.30. The minimum atomic E-state index is -0.436. The van der Waals surface area contributed by atoms with Gasteiger partial charge in [-0.1, -0.05) is 18.0 Å². The molecule has 0 saturated carbocycles. The van der Waals surface area contributed by atoms with Crippen molar-refractivity contribution < 1.29 is 4.92 Å². The van der Waals surface area contributed by atoms with Crippen molar-refractivity contribution in [1.82, 2.24) is 0 Å². The first-order valence-corrected chi connectivity index (χ1v) is 5.83. The lowest BCUT2D eigenvalue weighted by Gasteiger charge is -2.12. The van der Waals surface area contributed by atoms with Crippen LogP contribution in [0.2, 0.25) is 5.02 Å². The van der Waals surface area contributed by atoms with Crippen LogP contribution in [0.25, 0.3) is 0 Å². The molecule has 0 spiro atoms. The first-order valence-electron chi connectivity index (χ1n) is 5.45. The van der Waals surface area contributed by atoms with Crippen molar-refractivity contribution in [1.29, 1.82) is 0 Å². The first kappa shape index (κ1) is 13.9. The summed E-state index contributed by atoms with van der Waals surface area (Å²) in [6.07, 6.45) is 2.38. The summed E-state index contributed by atoms with van der Waals surface area (Å²) in [5, 5.41) is 11.3. The van der Waals surface area contributed by atoms with Crippen LogP contribution in [0.5, 0.6) is 0 Å². The molecule has 0 heterocycles. The van der Waals surface area contributed by atoms with E-state index < -0.39 is 4.92 Å². The lowest BCUT2D eigenvalue weighted by atomic mass is 10.0. The van der Waals surface area contributed by atoms with Crippen LogP contribution >= 0.6 is 11.6 Å². The van der Waals surface area contributed by atoms with E-state index >= 15 is 0 Å². The van der Waals surface area contributed by atoms with E-state index in [1.165, 1.54) is 12.1 Å². The highest BCUT2D eigenvalue weighted by Gasteiger charge is 2.19. The zero-order valence-corrected chi connectivity index (χ0v) is 10.2. The molecule has 0 aliphatic heterocycles. The summed E-state index contributed by atoms with van der Waals surface area (Å²) in [4.78, 5) is 10.4. The van der Waals surface area contributed by atoms with Gasteiger partial charge in [0, 0.05) is 22.7 Å². The van der Waals surface area contributed by atoms with E-state index in [-0.39, 0.29) is 11.7 Å². The third kappa shape index (κ3) is 3.96. The molecular formula is C11H16ClN3O2. The van der Waals surface area contributed by atoms with E-state index in [0.29, 0.717) is 23.6 Å². The zero-order chi connectivity index (χ0) is 12.8. The molecule has 1 atom stereocenters. The Balaban J connectivity index is 2.86. The van der Waals surface area contributed by atoms with E-state index in [1.54, 1.807) is 6.07 Å². The normalized spacial score (nSPS) is 12.4. The lowest BCUT2D eigenvalue weighted by Crippen LogP contribution is -2.13. The fourth-order valence-electron chi connectivity index (χ4n) is 1.65. The highest BCUT2D eigenvalue weighted by Crippen LogP contribution is 2.29. The Morgan fingerprint density at radius 2 is 2.12 bits per heavy atom. The van der Waals surface area contributed by atoms with Crippen LogP contribution in [-0.2, 0) is 0 Å². The Morgan fingerprint density at radius 3 is 2.71 bits per heavy atom. The van der Waals surface area contributed by atoms with Gasteiger partial charge in [0.2, 0.25) is 0 Å². The summed E-state index contributed by atoms with van der Waals surface area (Å²) in [7, 11) is 0. The Bertz CT molecular complexity index is 398. The van der Waals surface area contributed by atoms with Crippen molar-refractivity contribution >= 4 is 17.3 Å². The number of halogens is 1. The fraction of sp³-hybridized carbons (Fsp3) is 0.455. The van der Waals surface area contributed by atoms with Gasteiger partial charge in [-0.15, -0.1) is 0 Å². The Hall–Kier alpha value is -1.17. The molecule has 94 valence electrons. The van der Waals surface area contributed by atoms with Gasteiger partial charge in [-0.3, -0.25) is 10.1 Å². The van der Waals surface area contributed by atoms with E-state index in [1.807, 2.05) is 0 Å². The molecule has 0 saturated heterocycles. The van der Waals surface area contributed by atoms with Crippen LogP contribution in [0, 0.1) is 10.1 Å². The van der Waals surface area contributed by atoms with E-state index in [2.05, 4.69) is 0 Å². The molecule has 0 aliphatic carbocycles. The van der Waals surface area contributed by atoms with E-state index in [9.17, 15) is 10.1 Å². The maximum absolute atomic E-state index is 10.9. The number of nitrogens with zero attached hydrogens (tertiary/aromatic N) is 1. The Labute approximate surface area is 105 Å². The molecule has 0 unspecified atom stereocenters. The maximum Gasteiger partial charge on any atom is 0.274 e. The molecule has 0 amide bonds. The summed E-state index contributed by atoms with van der Waals surface area (Å²) >= 11 is 5.83. The molecule has 6 heteroatoms. The van der Waals surface area contributed by atoms with Gasteiger partial charge < -0.3 is 11.5 Å². The van der Waals surface area contributed by atoms with Gasteiger partial charge >= 0.3 is 0 Å². The van der Waals surface area contributed by atoms with Gasteiger partial charge in [0.25, 0.3) is 5.69 Å². The van der Waals surface area contributed by atoms with Crippen LogP contribution in [-0.4, -0.2) is 11.5 Å². The molecule has 1 aromatic carbocycles. The number of rotatable bonds is 6. The predicted octanol–water partition coefficient (Wildman–Crippen LogP) is 2.38. The molecule has 0 fully saturated rings. The predicted molar refractivity (Wildman–Crippen MR) is 67.9 cm³/mol. The Kier molecular flexibility index (Phi) is 5.34. The third-order valence-corrected chi connectivity index (χ3v) is 2.79. The van der Waals surface area contributed by atoms with Crippen molar-refractivity contribution in [2.45, 2.75) is 25.3 Å². The molecule has 0 bridgehead atoms.